The van der Waals surface area contributed by atoms with Gasteiger partial charge in [-0.3, -0.25) is 14.2 Å². The summed E-state index contributed by atoms with van der Waals surface area (Å²) in [6.07, 6.45) is 1.50. The van der Waals surface area contributed by atoms with E-state index < -0.39 is 11.7 Å². The fourth-order valence-electron chi connectivity index (χ4n) is 4.80. The minimum Gasteiger partial charge on any atom is -0.481 e. The zero-order valence-corrected chi connectivity index (χ0v) is 21.0. The van der Waals surface area contributed by atoms with E-state index in [0.717, 1.165) is 0 Å². The van der Waals surface area contributed by atoms with Gasteiger partial charge in [-0.1, -0.05) is 12.1 Å². The first-order valence-corrected chi connectivity index (χ1v) is 12.2. The van der Waals surface area contributed by atoms with Crippen molar-refractivity contribution in [2.24, 2.45) is 0 Å². The van der Waals surface area contributed by atoms with Gasteiger partial charge in [0.05, 0.1) is 23.7 Å². The second-order valence-electron chi connectivity index (χ2n) is 9.12. The molecule has 5 rings (SSSR count). The number of carbonyl (C=O) groups excluding carboxylic acids is 2. The molecule has 1 aliphatic rings. The van der Waals surface area contributed by atoms with Crippen LogP contribution in [0.3, 0.4) is 0 Å². The van der Waals surface area contributed by atoms with Crippen molar-refractivity contribution >= 4 is 34.2 Å². The highest BCUT2D eigenvalue weighted by molar-refractivity contribution is 6.08. The molecule has 3 heterocycles. The van der Waals surface area contributed by atoms with Crippen molar-refractivity contribution < 1.29 is 18.7 Å². The molecule has 1 saturated heterocycles. The standard InChI is InChI=1S/C27H27FN6O4/c1-17-15-32(11-12-33(17)25(35)16-34-23-6-4-3-5-21(23)31-27(34)37)22-8-7-18(28)13-20(22)26(36)30-19-9-10-29-24(14-19)38-2/h3-10,13-14,17H,11-12,15-16H2,1-2H3,(H,31,37)(H,29,30,36). The Morgan fingerprint density at radius 2 is 1.97 bits per heavy atom. The number of methoxy groups -OCH3 is 1. The molecular formula is C27H27FN6O4. The summed E-state index contributed by atoms with van der Waals surface area (Å²) in [5, 5.41) is 2.77. The van der Waals surface area contributed by atoms with Crippen LogP contribution in [-0.2, 0) is 11.3 Å². The van der Waals surface area contributed by atoms with Crippen LogP contribution in [0.2, 0.25) is 0 Å². The van der Waals surface area contributed by atoms with Crippen molar-refractivity contribution in [3.8, 4) is 5.88 Å². The maximum Gasteiger partial charge on any atom is 0.326 e. The number of anilines is 2. The molecule has 0 bridgehead atoms. The zero-order valence-electron chi connectivity index (χ0n) is 21.0. The summed E-state index contributed by atoms with van der Waals surface area (Å²) in [4.78, 5) is 49.2. The van der Waals surface area contributed by atoms with Crippen LogP contribution in [0.4, 0.5) is 15.8 Å². The number of H-pyrrole nitrogens is 1. The van der Waals surface area contributed by atoms with Gasteiger partial charge in [0.25, 0.3) is 5.91 Å². The predicted octanol–water partition coefficient (Wildman–Crippen LogP) is 2.86. The molecule has 1 unspecified atom stereocenters. The molecule has 2 aromatic heterocycles. The van der Waals surface area contributed by atoms with Gasteiger partial charge in [0.2, 0.25) is 11.8 Å². The Labute approximate surface area is 217 Å². The smallest absolute Gasteiger partial charge is 0.326 e. The third-order valence-corrected chi connectivity index (χ3v) is 6.67. The number of imidazole rings is 1. The highest BCUT2D eigenvalue weighted by atomic mass is 19.1. The number of ether oxygens (including phenoxy) is 1. The molecule has 0 spiro atoms. The molecule has 1 aliphatic heterocycles. The van der Waals surface area contributed by atoms with Gasteiger partial charge in [-0.25, -0.2) is 14.2 Å². The molecule has 2 N–H and O–H groups in total. The van der Waals surface area contributed by atoms with Gasteiger partial charge in [0, 0.05) is 49.3 Å². The monoisotopic (exact) mass is 518 g/mol. The van der Waals surface area contributed by atoms with Crippen molar-refractivity contribution in [1.29, 1.82) is 0 Å². The Hall–Kier alpha value is -4.67. The number of hydrogen-bond acceptors (Lipinski definition) is 6. The van der Waals surface area contributed by atoms with Crippen LogP contribution in [-0.4, -0.2) is 64.0 Å². The first-order valence-electron chi connectivity index (χ1n) is 12.2. The Balaban J connectivity index is 1.31. The number of piperazine rings is 1. The lowest BCUT2D eigenvalue weighted by molar-refractivity contribution is -0.134. The number of nitrogens with zero attached hydrogens (tertiary/aromatic N) is 4. The zero-order chi connectivity index (χ0) is 26.8. The van der Waals surface area contributed by atoms with E-state index in [1.54, 1.807) is 35.2 Å². The third-order valence-electron chi connectivity index (χ3n) is 6.67. The number of pyridine rings is 1. The highest BCUT2D eigenvalue weighted by Gasteiger charge is 2.30. The third kappa shape index (κ3) is 4.95. The van der Waals surface area contributed by atoms with Crippen LogP contribution >= 0.6 is 0 Å². The van der Waals surface area contributed by atoms with Crippen LogP contribution in [0, 0.1) is 5.82 Å². The number of rotatable bonds is 6. The molecule has 196 valence electrons. The quantitative estimate of drug-likeness (QED) is 0.406. The Morgan fingerprint density at radius 3 is 2.76 bits per heavy atom. The van der Waals surface area contributed by atoms with E-state index in [4.69, 9.17) is 4.74 Å². The molecule has 1 fully saturated rings. The summed E-state index contributed by atoms with van der Waals surface area (Å²) in [5.41, 5.74) is 2.23. The minimum atomic E-state index is -0.530. The van der Waals surface area contributed by atoms with Gasteiger partial charge in [-0.2, -0.15) is 0 Å². The topological polar surface area (TPSA) is 113 Å². The maximum absolute atomic E-state index is 14.2. The summed E-state index contributed by atoms with van der Waals surface area (Å²) in [5.74, 6) is -0.839. The molecule has 0 radical (unpaired) electrons. The van der Waals surface area contributed by atoms with Crippen molar-refractivity contribution in [2.75, 3.05) is 37.0 Å². The van der Waals surface area contributed by atoms with Crippen LogP contribution in [0.5, 0.6) is 5.88 Å². The average molecular weight is 519 g/mol. The van der Waals surface area contributed by atoms with Gasteiger partial charge < -0.3 is 24.8 Å². The fraction of sp³-hybridized carbons (Fsp3) is 0.259. The van der Waals surface area contributed by atoms with E-state index in [-0.39, 0.29) is 29.7 Å². The van der Waals surface area contributed by atoms with E-state index in [0.29, 0.717) is 47.9 Å². The van der Waals surface area contributed by atoms with E-state index >= 15 is 0 Å². The summed E-state index contributed by atoms with van der Waals surface area (Å²) >= 11 is 0. The number of amides is 2. The molecule has 2 aromatic carbocycles. The highest BCUT2D eigenvalue weighted by Crippen LogP contribution is 2.26. The summed E-state index contributed by atoms with van der Waals surface area (Å²) in [6, 6.07) is 14.3. The molecule has 0 saturated carbocycles. The number of para-hydroxylation sites is 2. The number of benzene rings is 2. The van der Waals surface area contributed by atoms with Crippen molar-refractivity contribution in [2.45, 2.75) is 19.5 Å². The van der Waals surface area contributed by atoms with Gasteiger partial charge in [0.15, 0.2) is 0 Å². The van der Waals surface area contributed by atoms with E-state index in [9.17, 15) is 18.8 Å². The van der Waals surface area contributed by atoms with E-state index in [1.165, 1.54) is 30.0 Å². The number of aromatic amines is 1. The number of nitrogens with one attached hydrogen (secondary N) is 2. The van der Waals surface area contributed by atoms with Gasteiger partial charge in [-0.15, -0.1) is 0 Å². The number of halogens is 1. The summed E-state index contributed by atoms with van der Waals surface area (Å²) < 4.78 is 20.7. The van der Waals surface area contributed by atoms with E-state index in [1.807, 2.05) is 24.0 Å². The van der Waals surface area contributed by atoms with Gasteiger partial charge in [0.1, 0.15) is 12.4 Å². The SMILES string of the molecule is COc1cc(NC(=O)c2cc(F)ccc2N2CCN(C(=O)Cn3c(=O)[nH]c4ccccc43)C(C)C2)ccn1. The predicted molar refractivity (Wildman–Crippen MR) is 141 cm³/mol. The lowest BCUT2D eigenvalue weighted by Gasteiger charge is -2.41. The lowest BCUT2D eigenvalue weighted by atomic mass is 10.1. The second-order valence-corrected chi connectivity index (χ2v) is 9.12. The fourth-order valence-corrected chi connectivity index (χ4v) is 4.80. The molecule has 1 atom stereocenters. The molecule has 10 nitrogen and oxygen atoms in total. The molecule has 38 heavy (non-hydrogen) atoms. The molecule has 2 amide bonds. The number of hydrogen-bond donors (Lipinski definition) is 2. The van der Waals surface area contributed by atoms with Crippen molar-refractivity contribution in [3.05, 3.63) is 82.7 Å². The number of aromatic nitrogens is 3. The Bertz CT molecular complexity index is 1560. The van der Waals surface area contributed by atoms with Crippen LogP contribution in [0.1, 0.15) is 17.3 Å². The van der Waals surface area contributed by atoms with Gasteiger partial charge in [-0.05, 0) is 43.3 Å². The largest absolute Gasteiger partial charge is 0.481 e. The Kier molecular flexibility index (Phi) is 6.82. The number of fused-ring (bicyclic) bond motifs is 1. The van der Waals surface area contributed by atoms with Crippen LogP contribution in [0.15, 0.2) is 65.6 Å². The van der Waals surface area contributed by atoms with E-state index in [2.05, 4.69) is 15.3 Å². The molecular weight excluding hydrogens is 491 g/mol. The molecule has 11 heteroatoms. The molecule has 0 aliphatic carbocycles. The lowest BCUT2D eigenvalue weighted by Crippen LogP contribution is -2.55. The first kappa shape index (κ1) is 25.0. The second kappa shape index (κ2) is 10.4. The van der Waals surface area contributed by atoms with Crippen molar-refractivity contribution in [1.82, 2.24) is 19.4 Å². The average Bonchev–Trinajstić information content (AvgIpc) is 3.23. The van der Waals surface area contributed by atoms with Crippen LogP contribution < -0.4 is 20.6 Å². The number of carbonyl (C=O) groups is 2. The normalized spacial score (nSPS) is 15.5. The Morgan fingerprint density at radius 1 is 1.16 bits per heavy atom. The molecule has 4 aromatic rings. The van der Waals surface area contributed by atoms with Crippen molar-refractivity contribution in [3.63, 3.8) is 0 Å². The first-order chi connectivity index (χ1) is 18.3. The summed E-state index contributed by atoms with van der Waals surface area (Å²) in [7, 11) is 1.48. The summed E-state index contributed by atoms with van der Waals surface area (Å²) in [6.45, 7) is 3.09. The van der Waals surface area contributed by atoms with Crippen LogP contribution in [0.25, 0.3) is 11.0 Å². The van der Waals surface area contributed by atoms with Gasteiger partial charge >= 0.3 is 5.69 Å². The minimum absolute atomic E-state index is 0.0766. The maximum atomic E-state index is 14.2.